The van der Waals surface area contributed by atoms with E-state index in [2.05, 4.69) is 21.2 Å². The number of ether oxygens (including phenoxy) is 1. The van der Waals surface area contributed by atoms with Crippen LogP contribution < -0.4 is 10.1 Å². The molecule has 0 aliphatic rings. The smallest absolute Gasteiger partial charge is 0.252 e. The van der Waals surface area contributed by atoms with Gasteiger partial charge in [0.1, 0.15) is 5.75 Å². The molecule has 0 aromatic heterocycles. The van der Waals surface area contributed by atoms with Gasteiger partial charge in [-0.25, -0.2) is 0 Å². The number of hydrogen-bond donors (Lipinski definition) is 1. The third-order valence-electron chi connectivity index (χ3n) is 3.96. The van der Waals surface area contributed by atoms with Gasteiger partial charge in [0, 0.05) is 10.0 Å². The first-order valence-electron chi connectivity index (χ1n) is 7.92. The van der Waals surface area contributed by atoms with Crippen molar-refractivity contribution in [2.24, 2.45) is 0 Å². The SMILES string of the molecule is COc1ccc(C(=O)N[C@@H](c2ccccc2)c2ccc(Br)cc2)cc1. The Kier molecular flexibility index (Phi) is 5.51. The predicted molar refractivity (Wildman–Crippen MR) is 103 cm³/mol. The van der Waals surface area contributed by atoms with E-state index in [1.165, 1.54) is 0 Å². The number of carbonyl (C=O) groups is 1. The Morgan fingerprint density at radius 2 is 1.48 bits per heavy atom. The Morgan fingerprint density at radius 1 is 0.880 bits per heavy atom. The summed E-state index contributed by atoms with van der Waals surface area (Å²) < 4.78 is 6.15. The summed E-state index contributed by atoms with van der Waals surface area (Å²) in [5.74, 6) is 0.600. The van der Waals surface area contributed by atoms with Crippen molar-refractivity contribution in [1.82, 2.24) is 5.32 Å². The first-order valence-corrected chi connectivity index (χ1v) is 8.72. The Bertz CT molecular complexity index is 830. The van der Waals surface area contributed by atoms with E-state index in [1.54, 1.807) is 31.4 Å². The van der Waals surface area contributed by atoms with E-state index in [0.717, 1.165) is 21.3 Å². The fraction of sp³-hybridized carbons (Fsp3) is 0.0952. The molecule has 1 amide bonds. The second kappa shape index (κ2) is 7.99. The van der Waals surface area contributed by atoms with Gasteiger partial charge in [0.15, 0.2) is 0 Å². The summed E-state index contributed by atoms with van der Waals surface area (Å²) in [5.41, 5.74) is 2.65. The van der Waals surface area contributed by atoms with E-state index >= 15 is 0 Å². The van der Waals surface area contributed by atoms with Gasteiger partial charge in [-0.15, -0.1) is 0 Å². The molecule has 0 bridgehead atoms. The second-order valence-corrected chi connectivity index (χ2v) is 6.51. The molecule has 0 aliphatic carbocycles. The summed E-state index contributed by atoms with van der Waals surface area (Å²) in [6.07, 6.45) is 0. The van der Waals surface area contributed by atoms with Crippen LogP contribution in [-0.4, -0.2) is 13.0 Å². The number of methoxy groups -OCH3 is 1. The lowest BCUT2D eigenvalue weighted by atomic mass is 9.98. The highest BCUT2D eigenvalue weighted by Crippen LogP contribution is 2.24. The topological polar surface area (TPSA) is 38.3 Å². The molecule has 1 atom stereocenters. The highest BCUT2D eigenvalue weighted by molar-refractivity contribution is 9.10. The highest BCUT2D eigenvalue weighted by Gasteiger charge is 2.17. The fourth-order valence-electron chi connectivity index (χ4n) is 2.62. The zero-order valence-electron chi connectivity index (χ0n) is 13.8. The molecule has 3 rings (SSSR count). The van der Waals surface area contributed by atoms with Crippen molar-refractivity contribution in [2.45, 2.75) is 6.04 Å². The van der Waals surface area contributed by atoms with Crippen LogP contribution in [0.3, 0.4) is 0 Å². The second-order valence-electron chi connectivity index (χ2n) is 5.60. The normalized spacial score (nSPS) is 11.6. The molecule has 0 radical (unpaired) electrons. The van der Waals surface area contributed by atoms with E-state index in [0.29, 0.717) is 5.56 Å². The molecule has 0 aliphatic heterocycles. The zero-order valence-corrected chi connectivity index (χ0v) is 15.4. The minimum absolute atomic E-state index is 0.126. The maximum atomic E-state index is 12.7. The van der Waals surface area contributed by atoms with Crippen LogP contribution in [-0.2, 0) is 0 Å². The van der Waals surface area contributed by atoms with Crippen LogP contribution in [0.5, 0.6) is 5.75 Å². The molecule has 0 spiro atoms. The summed E-state index contributed by atoms with van der Waals surface area (Å²) >= 11 is 3.45. The largest absolute Gasteiger partial charge is 0.497 e. The summed E-state index contributed by atoms with van der Waals surface area (Å²) in [5, 5.41) is 3.13. The Labute approximate surface area is 155 Å². The van der Waals surface area contributed by atoms with Crippen molar-refractivity contribution >= 4 is 21.8 Å². The molecule has 0 heterocycles. The number of nitrogens with one attached hydrogen (secondary N) is 1. The third-order valence-corrected chi connectivity index (χ3v) is 4.49. The summed E-state index contributed by atoms with van der Waals surface area (Å²) in [6, 6.07) is 24.8. The monoisotopic (exact) mass is 395 g/mol. The minimum Gasteiger partial charge on any atom is -0.497 e. The van der Waals surface area contributed by atoms with Crippen molar-refractivity contribution < 1.29 is 9.53 Å². The van der Waals surface area contributed by atoms with Crippen LogP contribution in [0.25, 0.3) is 0 Å². The van der Waals surface area contributed by atoms with Gasteiger partial charge in [-0.2, -0.15) is 0 Å². The molecule has 3 aromatic rings. The van der Waals surface area contributed by atoms with E-state index in [4.69, 9.17) is 4.74 Å². The van der Waals surface area contributed by atoms with Gasteiger partial charge in [-0.3, -0.25) is 4.79 Å². The fourth-order valence-corrected chi connectivity index (χ4v) is 2.88. The van der Waals surface area contributed by atoms with Crippen molar-refractivity contribution in [3.8, 4) is 5.75 Å². The number of benzene rings is 3. The number of amides is 1. The van der Waals surface area contributed by atoms with Gasteiger partial charge in [0.2, 0.25) is 0 Å². The van der Waals surface area contributed by atoms with Crippen LogP contribution in [0.2, 0.25) is 0 Å². The average molecular weight is 396 g/mol. The molecule has 0 saturated carbocycles. The first kappa shape index (κ1) is 17.2. The first-order chi connectivity index (χ1) is 12.2. The van der Waals surface area contributed by atoms with Crippen LogP contribution in [0.15, 0.2) is 83.3 Å². The molecule has 3 nitrogen and oxygen atoms in total. The lowest BCUT2D eigenvalue weighted by Crippen LogP contribution is -2.29. The molecule has 126 valence electrons. The number of rotatable bonds is 5. The maximum absolute atomic E-state index is 12.7. The Balaban J connectivity index is 1.89. The maximum Gasteiger partial charge on any atom is 0.252 e. The zero-order chi connectivity index (χ0) is 17.6. The van der Waals surface area contributed by atoms with E-state index in [-0.39, 0.29) is 11.9 Å². The molecular formula is C21H18BrNO2. The quantitative estimate of drug-likeness (QED) is 0.661. The van der Waals surface area contributed by atoms with E-state index in [9.17, 15) is 4.79 Å². The standard InChI is InChI=1S/C21H18BrNO2/c1-25-19-13-9-17(10-14-19)21(24)23-20(15-5-3-2-4-6-15)16-7-11-18(22)12-8-16/h2-14,20H,1H3,(H,23,24)/t20-/m0/s1. The summed E-state index contributed by atoms with van der Waals surface area (Å²) in [4.78, 5) is 12.7. The molecule has 25 heavy (non-hydrogen) atoms. The molecule has 4 heteroatoms. The Morgan fingerprint density at radius 3 is 2.08 bits per heavy atom. The van der Waals surface area contributed by atoms with Crippen LogP contribution >= 0.6 is 15.9 Å². The summed E-state index contributed by atoms with van der Waals surface area (Å²) in [7, 11) is 1.61. The highest BCUT2D eigenvalue weighted by atomic mass is 79.9. The number of hydrogen-bond acceptors (Lipinski definition) is 2. The van der Waals surface area contributed by atoms with Gasteiger partial charge < -0.3 is 10.1 Å². The van der Waals surface area contributed by atoms with Gasteiger partial charge in [-0.1, -0.05) is 58.4 Å². The van der Waals surface area contributed by atoms with Crippen LogP contribution in [0, 0.1) is 0 Å². The minimum atomic E-state index is -0.219. The lowest BCUT2D eigenvalue weighted by molar-refractivity contribution is 0.0943. The molecule has 3 aromatic carbocycles. The average Bonchev–Trinajstić information content (AvgIpc) is 2.67. The van der Waals surface area contributed by atoms with Crippen molar-refractivity contribution in [3.05, 3.63) is 100 Å². The van der Waals surface area contributed by atoms with Crippen LogP contribution in [0.1, 0.15) is 27.5 Å². The van der Waals surface area contributed by atoms with Crippen LogP contribution in [0.4, 0.5) is 0 Å². The van der Waals surface area contributed by atoms with Crippen molar-refractivity contribution in [1.29, 1.82) is 0 Å². The molecular weight excluding hydrogens is 378 g/mol. The van der Waals surface area contributed by atoms with E-state index in [1.807, 2.05) is 54.6 Å². The van der Waals surface area contributed by atoms with Crippen molar-refractivity contribution in [3.63, 3.8) is 0 Å². The predicted octanol–water partition coefficient (Wildman–Crippen LogP) is 4.98. The third kappa shape index (κ3) is 4.28. The van der Waals surface area contributed by atoms with Gasteiger partial charge in [-0.05, 0) is 47.5 Å². The lowest BCUT2D eigenvalue weighted by Gasteiger charge is -2.20. The molecule has 1 N–H and O–H groups in total. The number of halogens is 1. The van der Waals surface area contributed by atoms with Gasteiger partial charge >= 0.3 is 0 Å². The van der Waals surface area contributed by atoms with E-state index < -0.39 is 0 Å². The number of carbonyl (C=O) groups excluding carboxylic acids is 1. The Hall–Kier alpha value is -2.59. The van der Waals surface area contributed by atoms with Crippen molar-refractivity contribution in [2.75, 3.05) is 7.11 Å². The molecule has 0 unspecified atom stereocenters. The molecule has 0 saturated heterocycles. The van der Waals surface area contributed by atoms with Gasteiger partial charge in [0.25, 0.3) is 5.91 Å². The summed E-state index contributed by atoms with van der Waals surface area (Å²) in [6.45, 7) is 0. The van der Waals surface area contributed by atoms with Gasteiger partial charge in [0.05, 0.1) is 13.2 Å². The molecule has 0 fully saturated rings.